The maximum atomic E-state index is 12.1. The molecular formula is C15H23N3O2. The van der Waals surface area contributed by atoms with Gasteiger partial charge in [-0.15, -0.1) is 0 Å². The molecule has 5 nitrogen and oxygen atoms in total. The molecule has 0 spiro atoms. The molecule has 1 unspecified atom stereocenters. The maximum Gasteiger partial charge on any atom is 0.251 e. The average Bonchev–Trinajstić information content (AvgIpc) is 2.30. The molecule has 4 N–H and O–H groups in total. The molecule has 0 aliphatic carbocycles. The molecule has 0 radical (unpaired) electrons. The van der Waals surface area contributed by atoms with Crippen molar-refractivity contribution < 1.29 is 9.59 Å². The zero-order valence-corrected chi connectivity index (χ0v) is 12.7. The Kier molecular flexibility index (Phi) is 4.76. The predicted octanol–water partition coefficient (Wildman–Crippen LogP) is 1.61. The second-order valence-corrected chi connectivity index (χ2v) is 6.01. The third kappa shape index (κ3) is 4.57. The van der Waals surface area contributed by atoms with Gasteiger partial charge in [0.1, 0.15) is 6.04 Å². The van der Waals surface area contributed by atoms with Crippen molar-refractivity contribution in [3.8, 4) is 0 Å². The van der Waals surface area contributed by atoms with Gasteiger partial charge in [-0.05, 0) is 58.4 Å². The van der Waals surface area contributed by atoms with E-state index in [1.165, 1.54) is 0 Å². The van der Waals surface area contributed by atoms with Gasteiger partial charge in [0.15, 0.2) is 0 Å². The summed E-state index contributed by atoms with van der Waals surface area (Å²) in [4.78, 5) is 24.0. The highest BCUT2D eigenvalue weighted by molar-refractivity contribution is 5.98. The minimum Gasteiger partial charge on any atom is -0.399 e. The van der Waals surface area contributed by atoms with Gasteiger partial charge in [0.25, 0.3) is 5.91 Å². The number of anilines is 1. The lowest BCUT2D eigenvalue weighted by atomic mass is 10.1. The molecule has 20 heavy (non-hydrogen) atoms. The van der Waals surface area contributed by atoms with Crippen molar-refractivity contribution in [2.24, 2.45) is 0 Å². The van der Waals surface area contributed by atoms with E-state index in [9.17, 15) is 9.59 Å². The van der Waals surface area contributed by atoms with Crippen LogP contribution in [-0.4, -0.2) is 23.4 Å². The number of aryl methyl sites for hydroxylation is 1. The third-order valence-corrected chi connectivity index (χ3v) is 2.77. The van der Waals surface area contributed by atoms with Crippen molar-refractivity contribution in [1.29, 1.82) is 0 Å². The Morgan fingerprint density at radius 2 is 1.85 bits per heavy atom. The van der Waals surface area contributed by atoms with Crippen molar-refractivity contribution in [3.05, 3.63) is 29.3 Å². The number of amides is 2. The zero-order valence-electron chi connectivity index (χ0n) is 12.7. The normalized spacial score (nSPS) is 12.7. The Bertz CT molecular complexity index is 518. The highest BCUT2D eigenvalue weighted by Crippen LogP contribution is 2.12. The van der Waals surface area contributed by atoms with Crippen LogP contribution in [0.4, 0.5) is 5.69 Å². The molecule has 0 aliphatic rings. The van der Waals surface area contributed by atoms with E-state index in [-0.39, 0.29) is 17.4 Å². The number of carbonyl (C=O) groups is 2. The zero-order chi connectivity index (χ0) is 15.5. The minimum absolute atomic E-state index is 0.210. The number of nitrogens with one attached hydrogen (secondary N) is 2. The SMILES string of the molecule is Cc1cc(C(=O)NC(C)C(=O)NC(C)(C)C)ccc1N. The standard InChI is InChI=1S/C15H23N3O2/c1-9-8-11(6-7-12(9)16)14(20)17-10(2)13(19)18-15(3,4)5/h6-8,10H,16H2,1-5H3,(H,17,20)(H,18,19). The number of benzene rings is 1. The molecule has 0 aromatic heterocycles. The lowest BCUT2D eigenvalue weighted by molar-refractivity contribution is -0.124. The van der Waals surface area contributed by atoms with Crippen LogP contribution in [0.2, 0.25) is 0 Å². The van der Waals surface area contributed by atoms with E-state index in [0.717, 1.165) is 5.56 Å². The van der Waals surface area contributed by atoms with Crippen LogP contribution >= 0.6 is 0 Å². The van der Waals surface area contributed by atoms with Crippen LogP contribution in [0.3, 0.4) is 0 Å². The van der Waals surface area contributed by atoms with E-state index in [1.807, 2.05) is 27.7 Å². The summed E-state index contributed by atoms with van der Waals surface area (Å²) in [5.41, 5.74) is 7.36. The van der Waals surface area contributed by atoms with Crippen LogP contribution in [0.25, 0.3) is 0 Å². The number of nitrogens with two attached hydrogens (primary N) is 1. The van der Waals surface area contributed by atoms with Gasteiger partial charge in [-0.25, -0.2) is 0 Å². The van der Waals surface area contributed by atoms with Gasteiger partial charge in [-0.3, -0.25) is 9.59 Å². The first kappa shape index (κ1) is 16.0. The fourth-order valence-corrected chi connectivity index (χ4v) is 1.64. The minimum atomic E-state index is -0.598. The number of rotatable bonds is 3. The monoisotopic (exact) mass is 277 g/mol. The molecule has 1 aromatic rings. The number of hydrogen-bond acceptors (Lipinski definition) is 3. The lowest BCUT2D eigenvalue weighted by Crippen LogP contribution is -2.50. The Hall–Kier alpha value is -2.04. The largest absolute Gasteiger partial charge is 0.399 e. The smallest absolute Gasteiger partial charge is 0.251 e. The van der Waals surface area contributed by atoms with E-state index in [4.69, 9.17) is 5.73 Å². The molecule has 2 amide bonds. The quantitative estimate of drug-likeness (QED) is 0.734. The van der Waals surface area contributed by atoms with E-state index < -0.39 is 6.04 Å². The van der Waals surface area contributed by atoms with Gasteiger partial charge in [0, 0.05) is 16.8 Å². The molecule has 1 rings (SSSR count). The van der Waals surface area contributed by atoms with Gasteiger partial charge in [0.2, 0.25) is 5.91 Å². The molecule has 0 bridgehead atoms. The summed E-state index contributed by atoms with van der Waals surface area (Å²) < 4.78 is 0. The second kappa shape index (κ2) is 5.94. The summed E-state index contributed by atoms with van der Waals surface area (Å²) in [5, 5.41) is 5.50. The van der Waals surface area contributed by atoms with E-state index in [1.54, 1.807) is 25.1 Å². The van der Waals surface area contributed by atoms with E-state index in [0.29, 0.717) is 11.3 Å². The summed E-state index contributed by atoms with van der Waals surface area (Å²) in [5.74, 6) is -0.498. The van der Waals surface area contributed by atoms with E-state index in [2.05, 4.69) is 10.6 Å². The highest BCUT2D eigenvalue weighted by Gasteiger charge is 2.21. The van der Waals surface area contributed by atoms with Gasteiger partial charge < -0.3 is 16.4 Å². The lowest BCUT2D eigenvalue weighted by Gasteiger charge is -2.23. The number of hydrogen-bond donors (Lipinski definition) is 3. The molecule has 0 heterocycles. The molecule has 0 fully saturated rings. The molecule has 1 atom stereocenters. The van der Waals surface area contributed by atoms with Crippen molar-refractivity contribution in [3.63, 3.8) is 0 Å². The number of nitrogen functional groups attached to an aromatic ring is 1. The Morgan fingerprint density at radius 3 is 2.35 bits per heavy atom. The van der Waals surface area contributed by atoms with Crippen molar-refractivity contribution in [2.75, 3.05) is 5.73 Å². The Morgan fingerprint density at radius 1 is 1.25 bits per heavy atom. The van der Waals surface area contributed by atoms with Crippen LogP contribution < -0.4 is 16.4 Å². The van der Waals surface area contributed by atoms with Gasteiger partial charge in [-0.1, -0.05) is 0 Å². The maximum absolute atomic E-state index is 12.1. The first-order valence-electron chi connectivity index (χ1n) is 6.59. The molecule has 0 saturated carbocycles. The summed E-state index contributed by atoms with van der Waals surface area (Å²) in [6, 6.07) is 4.44. The average molecular weight is 277 g/mol. The molecule has 5 heteroatoms. The van der Waals surface area contributed by atoms with E-state index >= 15 is 0 Å². The van der Waals surface area contributed by atoms with Gasteiger partial charge >= 0.3 is 0 Å². The summed E-state index contributed by atoms with van der Waals surface area (Å²) in [7, 11) is 0. The highest BCUT2D eigenvalue weighted by atomic mass is 16.2. The van der Waals surface area contributed by atoms with Crippen LogP contribution in [0.5, 0.6) is 0 Å². The fraction of sp³-hybridized carbons (Fsp3) is 0.467. The molecule has 0 saturated heterocycles. The van der Waals surface area contributed by atoms with Crippen LogP contribution in [-0.2, 0) is 4.79 Å². The second-order valence-electron chi connectivity index (χ2n) is 6.01. The molecule has 110 valence electrons. The summed E-state index contributed by atoms with van der Waals surface area (Å²) in [6.45, 7) is 9.17. The fourth-order valence-electron chi connectivity index (χ4n) is 1.64. The first-order valence-corrected chi connectivity index (χ1v) is 6.59. The summed E-state index contributed by atoms with van der Waals surface area (Å²) in [6.07, 6.45) is 0. The predicted molar refractivity (Wildman–Crippen MR) is 80.4 cm³/mol. The summed E-state index contributed by atoms with van der Waals surface area (Å²) >= 11 is 0. The first-order chi connectivity index (χ1) is 9.10. The van der Waals surface area contributed by atoms with Gasteiger partial charge in [-0.2, -0.15) is 0 Å². The molecular weight excluding hydrogens is 254 g/mol. The third-order valence-electron chi connectivity index (χ3n) is 2.77. The van der Waals surface area contributed by atoms with Crippen LogP contribution in [0, 0.1) is 6.92 Å². The van der Waals surface area contributed by atoms with Crippen molar-refractivity contribution >= 4 is 17.5 Å². The Balaban J connectivity index is 2.70. The molecule has 1 aromatic carbocycles. The van der Waals surface area contributed by atoms with Crippen molar-refractivity contribution in [2.45, 2.75) is 46.2 Å². The van der Waals surface area contributed by atoms with Crippen molar-refractivity contribution in [1.82, 2.24) is 10.6 Å². The van der Waals surface area contributed by atoms with Crippen LogP contribution in [0.15, 0.2) is 18.2 Å². The number of carbonyl (C=O) groups excluding carboxylic acids is 2. The Labute approximate surface area is 119 Å². The topological polar surface area (TPSA) is 84.2 Å². The molecule has 0 aliphatic heterocycles. The van der Waals surface area contributed by atoms with Crippen LogP contribution in [0.1, 0.15) is 43.6 Å². The van der Waals surface area contributed by atoms with Gasteiger partial charge in [0.05, 0.1) is 0 Å².